The van der Waals surface area contributed by atoms with Crippen LogP contribution in [0.25, 0.3) is 72.7 Å². The van der Waals surface area contributed by atoms with Crippen LogP contribution in [-0.4, -0.2) is 19.6 Å². The number of rotatable bonds is 8. The van der Waals surface area contributed by atoms with Crippen molar-refractivity contribution < 1.29 is 14.7 Å². The molecule has 8 rings (SSSR count). The first-order valence-corrected chi connectivity index (χ1v) is 22.2. The van der Waals surface area contributed by atoms with Crippen molar-refractivity contribution in [2.45, 2.75) is 118 Å². The van der Waals surface area contributed by atoms with Crippen molar-refractivity contribution in [3.8, 4) is 67.5 Å². The number of imidazole rings is 1. The molecular formula is C60H65N3O. The molecule has 2 heterocycles. The summed E-state index contributed by atoms with van der Waals surface area (Å²) in [4.78, 5) is 10.3. The van der Waals surface area contributed by atoms with E-state index >= 15 is 0 Å². The van der Waals surface area contributed by atoms with Crippen LogP contribution in [-0.2, 0) is 16.2 Å². The van der Waals surface area contributed by atoms with Crippen LogP contribution in [0.5, 0.6) is 5.75 Å². The number of hydrogen-bond acceptors (Lipinski definition) is 3. The molecule has 0 fully saturated rings. The Hall–Kier alpha value is -6.26. The summed E-state index contributed by atoms with van der Waals surface area (Å²) < 4.78 is 62.9. The van der Waals surface area contributed by atoms with Gasteiger partial charge in [-0.1, -0.05) is 175 Å². The summed E-state index contributed by atoms with van der Waals surface area (Å²) in [5.41, 5.74) is 12.1. The van der Waals surface area contributed by atoms with Crippen molar-refractivity contribution in [3.05, 3.63) is 167 Å². The highest BCUT2D eigenvalue weighted by Crippen LogP contribution is 2.45. The van der Waals surface area contributed by atoms with E-state index in [4.69, 9.17) is 16.8 Å². The average Bonchev–Trinajstić information content (AvgIpc) is 3.68. The van der Waals surface area contributed by atoms with Crippen LogP contribution >= 0.6 is 0 Å². The van der Waals surface area contributed by atoms with Gasteiger partial charge in [0.2, 0.25) is 0 Å². The fourth-order valence-corrected chi connectivity index (χ4v) is 8.31. The van der Waals surface area contributed by atoms with E-state index < -0.39 is 29.9 Å². The first kappa shape index (κ1) is 36.1. The van der Waals surface area contributed by atoms with E-state index in [0.717, 1.165) is 50.1 Å². The molecule has 0 saturated heterocycles. The van der Waals surface area contributed by atoms with Gasteiger partial charge in [-0.25, -0.2) is 4.98 Å². The standard InChI is InChI=1S/C60H65N3O/c1-37(2)42-33-49(38(3)4)56(64)51(34-42)57-62-55-48(43-30-44(32-47(31-43)60(11,12)13)52-35-41(28-29-61-52)39-18-15-14-16-19-39)20-17-21-54(55)63(57)53-27-26-46(59(8,9)10)36-50(53)40-22-24-45(25-23-40)58(5,6)7/h14-38,64H,1-13H3/i14D,15D,16D,18D,19D,37D,38D. The van der Waals surface area contributed by atoms with E-state index in [-0.39, 0.29) is 39.6 Å². The molecule has 0 aliphatic carbocycles. The van der Waals surface area contributed by atoms with E-state index in [9.17, 15) is 7.85 Å². The first-order valence-electron chi connectivity index (χ1n) is 25.7. The molecule has 0 aliphatic heterocycles. The van der Waals surface area contributed by atoms with Gasteiger partial charge in [0.25, 0.3) is 0 Å². The van der Waals surface area contributed by atoms with E-state index in [1.807, 2.05) is 38.1 Å². The number of aromatic hydroxyl groups is 1. The Morgan fingerprint density at radius 1 is 0.562 bits per heavy atom. The number of aromatic nitrogens is 3. The van der Waals surface area contributed by atoms with Crippen molar-refractivity contribution in [2.24, 2.45) is 0 Å². The average molecular weight is 851 g/mol. The zero-order chi connectivity index (χ0) is 52.1. The van der Waals surface area contributed by atoms with Gasteiger partial charge in [0, 0.05) is 25.6 Å². The van der Waals surface area contributed by atoms with Crippen molar-refractivity contribution >= 4 is 11.0 Å². The molecule has 6 aromatic carbocycles. The number of nitrogens with zero attached hydrogens (tertiary/aromatic N) is 3. The van der Waals surface area contributed by atoms with Gasteiger partial charge < -0.3 is 5.11 Å². The number of benzene rings is 6. The minimum Gasteiger partial charge on any atom is -0.507 e. The second-order valence-corrected chi connectivity index (χ2v) is 20.7. The normalized spacial score (nSPS) is 14.4. The minimum absolute atomic E-state index is 0.0520. The Kier molecular flexibility index (Phi) is 9.43. The Morgan fingerprint density at radius 3 is 1.86 bits per heavy atom. The lowest BCUT2D eigenvalue weighted by Crippen LogP contribution is -2.12. The predicted molar refractivity (Wildman–Crippen MR) is 272 cm³/mol. The fraction of sp³-hybridized carbons (Fsp3) is 0.300. The summed E-state index contributed by atoms with van der Waals surface area (Å²) in [5.74, 6) is -1.90. The molecule has 0 radical (unpaired) electrons. The molecular weight excluding hydrogens is 779 g/mol. The van der Waals surface area contributed by atoms with Gasteiger partial charge in [-0.05, 0) is 127 Å². The van der Waals surface area contributed by atoms with E-state index in [0.29, 0.717) is 39.3 Å². The minimum atomic E-state index is -1.21. The number of phenolic OH excluding ortho intramolecular Hbond substituents is 1. The van der Waals surface area contributed by atoms with E-state index in [2.05, 4.69) is 128 Å². The maximum Gasteiger partial charge on any atom is 0.149 e. The number of phenols is 1. The van der Waals surface area contributed by atoms with Crippen LogP contribution in [0.2, 0.25) is 0 Å². The molecule has 8 aromatic rings. The summed E-state index contributed by atoms with van der Waals surface area (Å²) >= 11 is 0. The lowest BCUT2D eigenvalue weighted by Gasteiger charge is -2.24. The summed E-state index contributed by atoms with van der Waals surface area (Å²) in [6, 6.07) is 33.0. The molecule has 0 saturated carbocycles. The van der Waals surface area contributed by atoms with Gasteiger partial charge in [-0.15, -0.1) is 0 Å². The maximum absolute atomic E-state index is 12.5. The highest BCUT2D eigenvalue weighted by molar-refractivity contribution is 5.98. The monoisotopic (exact) mass is 851 g/mol. The largest absolute Gasteiger partial charge is 0.507 e. The summed E-state index contributed by atoms with van der Waals surface area (Å²) in [6.07, 6.45) is 1.60. The van der Waals surface area contributed by atoms with Gasteiger partial charge in [-0.3, -0.25) is 9.55 Å². The van der Waals surface area contributed by atoms with E-state index in [1.54, 1.807) is 38.2 Å². The van der Waals surface area contributed by atoms with Crippen molar-refractivity contribution in [2.75, 3.05) is 0 Å². The zero-order valence-electron chi connectivity index (χ0n) is 46.7. The molecule has 64 heavy (non-hydrogen) atoms. The van der Waals surface area contributed by atoms with Crippen LogP contribution in [0.3, 0.4) is 0 Å². The molecule has 0 atom stereocenters. The highest BCUT2D eigenvalue weighted by atomic mass is 16.3. The zero-order valence-corrected chi connectivity index (χ0v) is 39.7. The van der Waals surface area contributed by atoms with Crippen LogP contribution in [0, 0.1) is 0 Å². The van der Waals surface area contributed by atoms with Crippen LogP contribution in [0.1, 0.15) is 139 Å². The number of fused-ring (bicyclic) bond motifs is 1. The molecule has 0 spiro atoms. The Morgan fingerprint density at radius 2 is 1.22 bits per heavy atom. The molecule has 0 amide bonds. The van der Waals surface area contributed by atoms with Crippen LogP contribution < -0.4 is 0 Å². The lowest BCUT2D eigenvalue weighted by atomic mass is 9.83. The van der Waals surface area contributed by atoms with Gasteiger partial charge in [0.15, 0.2) is 0 Å². The maximum atomic E-state index is 12.5. The number of para-hydroxylation sites is 1. The topological polar surface area (TPSA) is 50.9 Å². The summed E-state index contributed by atoms with van der Waals surface area (Å²) in [5, 5.41) is 12.5. The Bertz CT molecular complexity index is 3360. The quantitative estimate of drug-likeness (QED) is 0.166. The molecule has 4 nitrogen and oxygen atoms in total. The molecule has 0 unspecified atom stereocenters. The molecule has 326 valence electrons. The predicted octanol–water partition coefficient (Wildman–Crippen LogP) is 16.6. The third kappa shape index (κ3) is 8.68. The van der Waals surface area contributed by atoms with Gasteiger partial charge >= 0.3 is 0 Å². The van der Waals surface area contributed by atoms with Gasteiger partial charge in [0.05, 0.1) is 34.8 Å². The molecule has 1 N–H and O–H groups in total. The van der Waals surface area contributed by atoms with Gasteiger partial charge in [0.1, 0.15) is 11.6 Å². The van der Waals surface area contributed by atoms with Gasteiger partial charge in [-0.2, -0.15) is 0 Å². The second-order valence-electron chi connectivity index (χ2n) is 20.7. The van der Waals surface area contributed by atoms with Crippen LogP contribution in [0.15, 0.2) is 140 Å². The molecule has 0 bridgehead atoms. The summed E-state index contributed by atoms with van der Waals surface area (Å²) in [6.45, 7) is 26.8. The second kappa shape index (κ2) is 16.7. The molecule has 4 heteroatoms. The Balaban J connectivity index is 1.46. The van der Waals surface area contributed by atoms with Crippen molar-refractivity contribution in [3.63, 3.8) is 0 Å². The number of hydrogen-bond donors (Lipinski definition) is 1. The SMILES string of the molecule is [2H]c1c([2H])c([2H])c(-c2ccnc(-c3cc(-c4cccc5c4nc(-c4cc(C([2H])(C)C)cc(C([2H])(C)C)c4O)n5-c4ccc(C(C)(C)C)cc4-c4ccc(C(C)(C)C)cc4)cc(C(C)(C)C)c3)c2)c([2H])c1[2H]. The fourth-order valence-electron chi connectivity index (χ4n) is 8.31. The third-order valence-corrected chi connectivity index (χ3v) is 12.3. The number of pyridine rings is 1. The smallest absolute Gasteiger partial charge is 0.149 e. The Labute approximate surface area is 392 Å². The first-order chi connectivity index (χ1) is 32.9. The summed E-state index contributed by atoms with van der Waals surface area (Å²) in [7, 11) is 0. The molecule has 0 aliphatic rings. The van der Waals surface area contributed by atoms with Crippen molar-refractivity contribution in [1.29, 1.82) is 0 Å². The lowest BCUT2D eigenvalue weighted by molar-refractivity contribution is 0.466. The van der Waals surface area contributed by atoms with Crippen molar-refractivity contribution in [1.82, 2.24) is 14.5 Å². The highest BCUT2D eigenvalue weighted by Gasteiger charge is 2.27. The van der Waals surface area contributed by atoms with Crippen LogP contribution in [0.4, 0.5) is 0 Å². The molecule has 2 aromatic heterocycles. The van der Waals surface area contributed by atoms with E-state index in [1.165, 1.54) is 5.56 Å². The third-order valence-electron chi connectivity index (χ3n) is 12.3.